The molecule has 3 nitrogen and oxygen atoms in total. The minimum Gasteiger partial charge on any atom is -0.466 e. The zero-order valence-electron chi connectivity index (χ0n) is 10.6. The molecule has 0 radical (unpaired) electrons. The molecule has 0 amide bonds. The fourth-order valence-electron chi connectivity index (χ4n) is 1.55. The second-order valence-electron chi connectivity index (χ2n) is 3.81. The average Bonchev–Trinajstić information content (AvgIpc) is 2.47. The lowest BCUT2D eigenvalue weighted by Crippen LogP contribution is -1.94. The Morgan fingerprint density at radius 2 is 1.68 bits per heavy atom. The third-order valence-electron chi connectivity index (χ3n) is 2.49. The van der Waals surface area contributed by atoms with E-state index in [1.807, 2.05) is 54.6 Å². The molecule has 0 aliphatic carbocycles. The Labute approximate surface area is 112 Å². The molecular weight excluding hydrogens is 240 g/mol. The third-order valence-corrected chi connectivity index (χ3v) is 2.49. The second-order valence-corrected chi connectivity index (χ2v) is 3.81. The number of esters is 1. The molecular formula is C16H14O3. The maximum absolute atomic E-state index is 11.1. The zero-order valence-corrected chi connectivity index (χ0v) is 10.6. The summed E-state index contributed by atoms with van der Waals surface area (Å²) in [6, 6.07) is 17.0. The third kappa shape index (κ3) is 3.71. The highest BCUT2D eigenvalue weighted by Gasteiger charge is 2.02. The lowest BCUT2D eigenvalue weighted by molar-refractivity contribution is -0.134. The number of benzene rings is 2. The molecule has 0 aromatic heterocycles. The molecule has 0 aliphatic heterocycles. The van der Waals surface area contributed by atoms with E-state index in [1.54, 1.807) is 6.08 Å². The van der Waals surface area contributed by atoms with Gasteiger partial charge in [-0.15, -0.1) is 0 Å². The van der Waals surface area contributed by atoms with Crippen molar-refractivity contribution in [2.24, 2.45) is 0 Å². The first-order valence-corrected chi connectivity index (χ1v) is 5.87. The van der Waals surface area contributed by atoms with Crippen LogP contribution in [-0.4, -0.2) is 13.1 Å². The number of rotatable bonds is 4. The summed E-state index contributed by atoms with van der Waals surface area (Å²) >= 11 is 0. The van der Waals surface area contributed by atoms with Crippen LogP contribution < -0.4 is 4.74 Å². The lowest BCUT2D eigenvalue weighted by Gasteiger charge is -2.08. The quantitative estimate of drug-likeness (QED) is 0.617. The number of hydrogen-bond donors (Lipinski definition) is 0. The van der Waals surface area contributed by atoms with Gasteiger partial charge in [-0.25, -0.2) is 4.79 Å². The summed E-state index contributed by atoms with van der Waals surface area (Å²) < 4.78 is 10.3. The first-order chi connectivity index (χ1) is 9.29. The van der Waals surface area contributed by atoms with Crippen molar-refractivity contribution in [1.82, 2.24) is 0 Å². The van der Waals surface area contributed by atoms with Crippen LogP contribution in [0.5, 0.6) is 11.5 Å². The Morgan fingerprint density at radius 3 is 2.42 bits per heavy atom. The topological polar surface area (TPSA) is 35.5 Å². The highest BCUT2D eigenvalue weighted by atomic mass is 16.5. The van der Waals surface area contributed by atoms with Gasteiger partial charge >= 0.3 is 5.97 Å². The first-order valence-electron chi connectivity index (χ1n) is 5.87. The number of carbonyl (C=O) groups is 1. The van der Waals surface area contributed by atoms with Gasteiger partial charge in [0.25, 0.3) is 0 Å². The van der Waals surface area contributed by atoms with Crippen molar-refractivity contribution in [3.05, 3.63) is 66.2 Å². The van der Waals surface area contributed by atoms with E-state index in [0.29, 0.717) is 5.75 Å². The fraction of sp³-hybridized carbons (Fsp3) is 0.0625. The summed E-state index contributed by atoms with van der Waals surface area (Å²) in [7, 11) is 1.35. The van der Waals surface area contributed by atoms with Gasteiger partial charge in [0.05, 0.1) is 7.11 Å². The summed E-state index contributed by atoms with van der Waals surface area (Å²) in [6.45, 7) is 0. The number of hydrogen-bond acceptors (Lipinski definition) is 3. The minimum absolute atomic E-state index is 0.394. The van der Waals surface area contributed by atoms with Crippen LogP contribution in [0.15, 0.2) is 60.7 Å². The molecule has 2 aromatic carbocycles. The molecule has 0 N–H and O–H groups in total. The summed E-state index contributed by atoms with van der Waals surface area (Å²) in [5.74, 6) is 1.05. The first kappa shape index (κ1) is 12.9. The predicted octanol–water partition coefficient (Wildman–Crippen LogP) is 3.67. The molecule has 0 fully saturated rings. The molecule has 3 heteroatoms. The van der Waals surface area contributed by atoms with Crippen LogP contribution in [0.25, 0.3) is 6.08 Å². The Hall–Kier alpha value is -2.55. The van der Waals surface area contributed by atoms with Crippen LogP contribution in [0, 0.1) is 0 Å². The molecule has 0 saturated heterocycles. The summed E-state index contributed by atoms with van der Waals surface area (Å²) in [5, 5.41) is 0. The van der Waals surface area contributed by atoms with Crippen LogP contribution in [0.1, 0.15) is 5.56 Å². The van der Waals surface area contributed by atoms with Crippen LogP contribution in [0.4, 0.5) is 0 Å². The smallest absolute Gasteiger partial charge is 0.330 e. The Balaban J connectivity index is 2.21. The van der Waals surface area contributed by atoms with E-state index in [9.17, 15) is 4.79 Å². The van der Waals surface area contributed by atoms with E-state index in [2.05, 4.69) is 4.74 Å². The second kappa shape index (κ2) is 6.40. The van der Waals surface area contributed by atoms with Crippen LogP contribution in [-0.2, 0) is 9.53 Å². The molecule has 0 atom stereocenters. The molecule has 0 bridgehead atoms. The van der Waals surface area contributed by atoms with Gasteiger partial charge in [0.1, 0.15) is 11.5 Å². The minimum atomic E-state index is -0.394. The van der Waals surface area contributed by atoms with Gasteiger partial charge in [-0.3, -0.25) is 0 Å². The Morgan fingerprint density at radius 1 is 1.00 bits per heavy atom. The highest BCUT2D eigenvalue weighted by Crippen LogP contribution is 2.25. The van der Waals surface area contributed by atoms with Crippen molar-refractivity contribution in [2.45, 2.75) is 0 Å². The molecule has 0 spiro atoms. The van der Waals surface area contributed by atoms with Crippen LogP contribution >= 0.6 is 0 Å². The van der Waals surface area contributed by atoms with Crippen molar-refractivity contribution in [2.75, 3.05) is 7.11 Å². The van der Waals surface area contributed by atoms with E-state index in [1.165, 1.54) is 13.2 Å². The summed E-state index contributed by atoms with van der Waals surface area (Å²) in [5.41, 5.74) is 0.816. The maximum Gasteiger partial charge on any atom is 0.330 e. The van der Waals surface area contributed by atoms with E-state index in [-0.39, 0.29) is 0 Å². The molecule has 0 unspecified atom stereocenters. The summed E-state index contributed by atoms with van der Waals surface area (Å²) in [4.78, 5) is 11.1. The van der Waals surface area contributed by atoms with Gasteiger partial charge < -0.3 is 9.47 Å². The van der Waals surface area contributed by atoms with E-state index in [4.69, 9.17) is 4.74 Å². The molecule has 0 heterocycles. The number of methoxy groups -OCH3 is 1. The lowest BCUT2D eigenvalue weighted by atomic mass is 10.2. The summed E-state index contributed by atoms with van der Waals surface area (Å²) in [6.07, 6.45) is 3.04. The molecule has 19 heavy (non-hydrogen) atoms. The van der Waals surface area contributed by atoms with Crippen molar-refractivity contribution in [3.63, 3.8) is 0 Å². The SMILES string of the molecule is COC(=O)/C=C/c1ccccc1Oc1ccccc1. The van der Waals surface area contributed by atoms with Crippen molar-refractivity contribution in [1.29, 1.82) is 0 Å². The largest absolute Gasteiger partial charge is 0.466 e. The van der Waals surface area contributed by atoms with Gasteiger partial charge in [-0.1, -0.05) is 36.4 Å². The number of carbonyl (C=O) groups excluding carboxylic acids is 1. The van der Waals surface area contributed by atoms with Crippen LogP contribution in [0.3, 0.4) is 0 Å². The molecule has 96 valence electrons. The van der Waals surface area contributed by atoms with Crippen molar-refractivity contribution >= 4 is 12.0 Å². The Kier molecular flexibility index (Phi) is 4.34. The van der Waals surface area contributed by atoms with Gasteiger partial charge in [0, 0.05) is 11.6 Å². The highest BCUT2D eigenvalue weighted by molar-refractivity contribution is 5.87. The standard InChI is InChI=1S/C16H14O3/c1-18-16(17)12-11-13-7-5-6-10-15(13)19-14-8-3-2-4-9-14/h2-12H,1H3/b12-11+. The average molecular weight is 254 g/mol. The monoisotopic (exact) mass is 254 g/mol. The molecule has 2 aromatic rings. The van der Waals surface area contributed by atoms with E-state index in [0.717, 1.165) is 11.3 Å². The van der Waals surface area contributed by atoms with Crippen LogP contribution in [0.2, 0.25) is 0 Å². The van der Waals surface area contributed by atoms with Gasteiger partial charge in [0.15, 0.2) is 0 Å². The normalized spacial score (nSPS) is 10.4. The number of para-hydroxylation sites is 2. The van der Waals surface area contributed by atoms with E-state index >= 15 is 0 Å². The fourth-order valence-corrected chi connectivity index (χ4v) is 1.55. The van der Waals surface area contributed by atoms with Gasteiger partial charge in [-0.05, 0) is 24.3 Å². The molecule has 2 rings (SSSR count). The van der Waals surface area contributed by atoms with Gasteiger partial charge in [0.2, 0.25) is 0 Å². The Bertz CT molecular complexity index is 574. The van der Waals surface area contributed by atoms with Crippen molar-refractivity contribution in [3.8, 4) is 11.5 Å². The number of ether oxygens (including phenoxy) is 2. The molecule has 0 saturated carbocycles. The predicted molar refractivity (Wildman–Crippen MR) is 74.0 cm³/mol. The van der Waals surface area contributed by atoms with E-state index < -0.39 is 5.97 Å². The zero-order chi connectivity index (χ0) is 13.5. The van der Waals surface area contributed by atoms with Crippen molar-refractivity contribution < 1.29 is 14.3 Å². The molecule has 0 aliphatic rings. The maximum atomic E-state index is 11.1. The van der Waals surface area contributed by atoms with Gasteiger partial charge in [-0.2, -0.15) is 0 Å².